The molecule has 2 amide bonds. The van der Waals surface area contributed by atoms with Gasteiger partial charge in [-0.2, -0.15) is 0 Å². The van der Waals surface area contributed by atoms with E-state index in [2.05, 4.69) is 22.5 Å². The molecule has 0 aliphatic heterocycles. The third-order valence-electron chi connectivity index (χ3n) is 4.78. The van der Waals surface area contributed by atoms with Gasteiger partial charge in [0.15, 0.2) is 5.13 Å². The number of aliphatic hydroxyl groups is 2. The minimum atomic E-state index is -1.14. The molecular formula is C21H37N3O4S. The maximum Gasteiger partial charge on any atom is 0.249 e. The van der Waals surface area contributed by atoms with Gasteiger partial charge in [0.1, 0.15) is 12.1 Å². The Kier molecular flexibility index (Phi) is 10.2. The number of nitrogens with zero attached hydrogens (tertiary/aromatic N) is 1. The number of aliphatic hydroxyl groups excluding tert-OH is 1. The first-order valence-corrected chi connectivity index (χ1v) is 11.2. The fourth-order valence-electron chi connectivity index (χ4n) is 2.87. The first kappa shape index (κ1) is 25.5. The van der Waals surface area contributed by atoms with Crippen LogP contribution in [0.2, 0.25) is 0 Å². The Morgan fingerprint density at radius 1 is 1.21 bits per heavy atom. The van der Waals surface area contributed by atoms with Crippen molar-refractivity contribution in [1.82, 2.24) is 10.3 Å². The van der Waals surface area contributed by atoms with E-state index in [0.29, 0.717) is 11.6 Å². The largest absolute Gasteiger partial charge is 0.390 e. The molecule has 3 atom stereocenters. The molecule has 7 nitrogen and oxygen atoms in total. The van der Waals surface area contributed by atoms with Crippen molar-refractivity contribution >= 4 is 28.3 Å². The second-order valence-corrected chi connectivity index (χ2v) is 9.76. The van der Waals surface area contributed by atoms with Crippen molar-refractivity contribution in [1.29, 1.82) is 0 Å². The van der Waals surface area contributed by atoms with E-state index in [9.17, 15) is 19.8 Å². The van der Waals surface area contributed by atoms with Crippen molar-refractivity contribution in [2.45, 2.75) is 97.3 Å². The summed E-state index contributed by atoms with van der Waals surface area (Å²) in [4.78, 5) is 30.1. The molecule has 0 aromatic carbocycles. The zero-order valence-electron chi connectivity index (χ0n) is 18.5. The van der Waals surface area contributed by atoms with Crippen LogP contribution in [0.5, 0.6) is 0 Å². The lowest BCUT2D eigenvalue weighted by atomic mass is 9.96. The number of rotatable bonds is 12. The van der Waals surface area contributed by atoms with Crippen LogP contribution in [-0.2, 0) is 9.59 Å². The molecule has 0 saturated heterocycles. The lowest BCUT2D eigenvalue weighted by molar-refractivity contribution is -0.134. The second kappa shape index (κ2) is 11.6. The molecule has 0 radical (unpaired) electrons. The van der Waals surface area contributed by atoms with Crippen LogP contribution < -0.4 is 10.6 Å². The van der Waals surface area contributed by atoms with Gasteiger partial charge in [-0.1, -0.05) is 34.1 Å². The second-order valence-electron chi connectivity index (χ2n) is 8.70. The SMILES string of the molecule is CCCC(NC(=O)C(O)C(C)C)C(=O)Nc1ncc(C(C)CCCC(C)(C)O)s1. The van der Waals surface area contributed by atoms with Gasteiger partial charge < -0.3 is 20.8 Å². The van der Waals surface area contributed by atoms with E-state index in [1.54, 1.807) is 20.0 Å². The van der Waals surface area contributed by atoms with E-state index in [0.717, 1.165) is 30.6 Å². The van der Waals surface area contributed by atoms with Crippen LogP contribution in [0, 0.1) is 5.92 Å². The molecule has 0 fully saturated rings. The Morgan fingerprint density at radius 2 is 1.86 bits per heavy atom. The van der Waals surface area contributed by atoms with Crippen LogP contribution in [0.3, 0.4) is 0 Å². The van der Waals surface area contributed by atoms with Crippen molar-refractivity contribution < 1.29 is 19.8 Å². The lowest BCUT2D eigenvalue weighted by Crippen LogP contribution is -2.48. The molecule has 1 rings (SSSR count). The Morgan fingerprint density at radius 3 is 2.41 bits per heavy atom. The summed E-state index contributed by atoms with van der Waals surface area (Å²) in [6.07, 6.45) is 4.41. The van der Waals surface area contributed by atoms with Crippen LogP contribution in [0.15, 0.2) is 6.20 Å². The number of hydrogen-bond acceptors (Lipinski definition) is 6. The number of nitrogens with one attached hydrogen (secondary N) is 2. The first-order valence-electron chi connectivity index (χ1n) is 10.4. The predicted molar refractivity (Wildman–Crippen MR) is 117 cm³/mol. The lowest BCUT2D eigenvalue weighted by Gasteiger charge is -2.20. The van der Waals surface area contributed by atoms with Gasteiger partial charge in [0.2, 0.25) is 11.8 Å². The van der Waals surface area contributed by atoms with Crippen LogP contribution in [0.4, 0.5) is 5.13 Å². The number of aromatic nitrogens is 1. The molecule has 1 aromatic rings. The van der Waals surface area contributed by atoms with Crippen molar-refractivity contribution in [3.05, 3.63) is 11.1 Å². The fraction of sp³-hybridized carbons (Fsp3) is 0.762. The van der Waals surface area contributed by atoms with Gasteiger partial charge >= 0.3 is 0 Å². The number of amides is 2. The number of hydrogen-bond donors (Lipinski definition) is 4. The first-order chi connectivity index (χ1) is 13.4. The van der Waals surface area contributed by atoms with E-state index < -0.39 is 23.7 Å². The maximum atomic E-state index is 12.6. The van der Waals surface area contributed by atoms with Crippen LogP contribution in [0.25, 0.3) is 0 Å². The van der Waals surface area contributed by atoms with Gasteiger partial charge in [0, 0.05) is 11.1 Å². The van der Waals surface area contributed by atoms with Gasteiger partial charge in [0.05, 0.1) is 5.60 Å². The molecule has 4 N–H and O–H groups in total. The van der Waals surface area contributed by atoms with Gasteiger partial charge in [-0.15, -0.1) is 11.3 Å². The summed E-state index contributed by atoms with van der Waals surface area (Å²) in [5, 5.41) is 25.7. The number of thiazole rings is 1. The normalized spacial score (nSPS) is 15.1. The third kappa shape index (κ3) is 9.23. The summed E-state index contributed by atoms with van der Waals surface area (Å²) in [5.41, 5.74) is -0.658. The zero-order chi connectivity index (χ0) is 22.2. The molecule has 0 aliphatic carbocycles. The van der Waals surface area contributed by atoms with Crippen LogP contribution in [-0.4, -0.2) is 44.8 Å². The van der Waals surface area contributed by atoms with E-state index in [-0.39, 0.29) is 17.7 Å². The highest BCUT2D eigenvalue weighted by Gasteiger charge is 2.26. The van der Waals surface area contributed by atoms with E-state index in [4.69, 9.17) is 0 Å². The molecule has 0 spiro atoms. The molecule has 0 bridgehead atoms. The standard InChI is InChI=1S/C21H37N3O4S/c1-7-9-15(23-19(27)17(25)13(2)3)18(26)24-20-22-12-16(29-20)14(4)10-8-11-21(5,6)28/h12-15,17,25,28H,7-11H2,1-6H3,(H,23,27)(H,22,24,26). The summed E-state index contributed by atoms with van der Waals surface area (Å²) < 4.78 is 0. The molecule has 1 aromatic heterocycles. The van der Waals surface area contributed by atoms with Crippen LogP contribution >= 0.6 is 11.3 Å². The summed E-state index contributed by atoms with van der Waals surface area (Å²) in [5.74, 6) is -0.798. The number of anilines is 1. The van der Waals surface area contributed by atoms with Crippen LogP contribution in [0.1, 0.15) is 84.4 Å². The van der Waals surface area contributed by atoms with Gasteiger partial charge in [-0.3, -0.25) is 9.59 Å². The highest BCUT2D eigenvalue weighted by atomic mass is 32.1. The Hall–Kier alpha value is -1.51. The van der Waals surface area contributed by atoms with Crippen molar-refractivity contribution in [3.8, 4) is 0 Å². The Labute approximate surface area is 178 Å². The number of carbonyl (C=O) groups excluding carboxylic acids is 2. The van der Waals surface area contributed by atoms with Crippen molar-refractivity contribution in [2.75, 3.05) is 5.32 Å². The topological polar surface area (TPSA) is 112 Å². The minimum absolute atomic E-state index is 0.222. The monoisotopic (exact) mass is 427 g/mol. The molecule has 3 unspecified atom stereocenters. The maximum absolute atomic E-state index is 12.6. The quantitative estimate of drug-likeness (QED) is 0.408. The zero-order valence-corrected chi connectivity index (χ0v) is 19.3. The average molecular weight is 428 g/mol. The van der Waals surface area contributed by atoms with E-state index >= 15 is 0 Å². The average Bonchev–Trinajstić information content (AvgIpc) is 3.07. The molecule has 29 heavy (non-hydrogen) atoms. The molecular weight excluding hydrogens is 390 g/mol. The number of carbonyl (C=O) groups is 2. The van der Waals surface area contributed by atoms with E-state index in [1.807, 2.05) is 20.8 Å². The van der Waals surface area contributed by atoms with Gasteiger partial charge in [-0.05, 0) is 51.4 Å². The smallest absolute Gasteiger partial charge is 0.249 e. The molecule has 0 aliphatic rings. The Balaban J connectivity index is 2.66. The highest BCUT2D eigenvalue weighted by Crippen LogP contribution is 2.30. The van der Waals surface area contributed by atoms with E-state index in [1.165, 1.54) is 11.3 Å². The summed E-state index contributed by atoms with van der Waals surface area (Å²) in [6, 6.07) is -0.711. The molecule has 166 valence electrons. The molecule has 0 saturated carbocycles. The Bertz CT molecular complexity index is 655. The summed E-state index contributed by atoms with van der Waals surface area (Å²) in [6.45, 7) is 11.2. The summed E-state index contributed by atoms with van der Waals surface area (Å²) >= 11 is 1.43. The van der Waals surface area contributed by atoms with Crippen molar-refractivity contribution in [3.63, 3.8) is 0 Å². The van der Waals surface area contributed by atoms with Gasteiger partial charge in [0.25, 0.3) is 0 Å². The fourth-order valence-corrected chi connectivity index (χ4v) is 3.77. The third-order valence-corrected chi connectivity index (χ3v) is 5.92. The highest BCUT2D eigenvalue weighted by molar-refractivity contribution is 7.15. The molecule has 1 heterocycles. The minimum Gasteiger partial charge on any atom is -0.390 e. The summed E-state index contributed by atoms with van der Waals surface area (Å²) in [7, 11) is 0. The van der Waals surface area contributed by atoms with Gasteiger partial charge in [-0.25, -0.2) is 4.98 Å². The van der Waals surface area contributed by atoms with Crippen molar-refractivity contribution in [2.24, 2.45) is 5.92 Å². The molecule has 8 heteroatoms. The predicted octanol–water partition coefficient (Wildman–Crippen LogP) is 3.43.